The van der Waals surface area contributed by atoms with Crippen molar-refractivity contribution in [1.82, 2.24) is 15.5 Å². The molecule has 8 nitrogen and oxygen atoms in total. The van der Waals surface area contributed by atoms with Crippen molar-refractivity contribution >= 4 is 17.8 Å². The summed E-state index contributed by atoms with van der Waals surface area (Å²) >= 11 is 0. The zero-order valence-corrected chi connectivity index (χ0v) is 21.4. The van der Waals surface area contributed by atoms with Crippen LogP contribution in [0.2, 0.25) is 0 Å². The summed E-state index contributed by atoms with van der Waals surface area (Å²) in [5.74, 6) is 0.723. The van der Waals surface area contributed by atoms with Gasteiger partial charge in [-0.1, -0.05) is 36.4 Å². The Morgan fingerprint density at radius 3 is 2.42 bits per heavy atom. The van der Waals surface area contributed by atoms with Crippen molar-refractivity contribution in [2.45, 2.75) is 44.9 Å². The lowest BCUT2D eigenvalue weighted by Crippen LogP contribution is -2.38. The summed E-state index contributed by atoms with van der Waals surface area (Å²) in [6.45, 7) is 2.87. The fourth-order valence-electron chi connectivity index (χ4n) is 4.22. The van der Waals surface area contributed by atoms with Gasteiger partial charge in [0.15, 0.2) is 5.96 Å². The van der Waals surface area contributed by atoms with Gasteiger partial charge in [0.2, 0.25) is 11.8 Å². The number of guanidine groups is 1. The van der Waals surface area contributed by atoms with Gasteiger partial charge < -0.3 is 19.7 Å². The highest BCUT2D eigenvalue weighted by Crippen LogP contribution is 2.32. The van der Waals surface area contributed by atoms with Gasteiger partial charge in [-0.05, 0) is 48.4 Å². The molecule has 1 fully saturated rings. The highest BCUT2D eigenvalue weighted by atomic mass is 16.5. The SMILES string of the molecule is CNC(=N)NC(=O)CCc1ccc(-c2ccc(CC(=O)N3CCCCC3)cc2)c(OCCCOC)c1. The van der Waals surface area contributed by atoms with E-state index in [2.05, 4.69) is 10.6 Å². The normalized spacial score (nSPS) is 13.2. The van der Waals surface area contributed by atoms with Crippen LogP contribution in [0.1, 0.15) is 43.2 Å². The van der Waals surface area contributed by atoms with Gasteiger partial charge in [-0.3, -0.25) is 20.3 Å². The second-order valence-electron chi connectivity index (χ2n) is 9.01. The smallest absolute Gasteiger partial charge is 0.226 e. The number of piperidine rings is 1. The molecule has 0 spiro atoms. The first kappa shape index (κ1) is 27.2. The first-order valence-electron chi connectivity index (χ1n) is 12.7. The first-order chi connectivity index (χ1) is 17.5. The monoisotopic (exact) mass is 494 g/mol. The summed E-state index contributed by atoms with van der Waals surface area (Å²) in [6, 6.07) is 14.1. The van der Waals surface area contributed by atoms with E-state index in [9.17, 15) is 9.59 Å². The molecular formula is C28H38N4O4. The summed E-state index contributed by atoms with van der Waals surface area (Å²) in [5, 5.41) is 12.6. The fourth-order valence-corrected chi connectivity index (χ4v) is 4.22. The number of nitrogens with zero attached hydrogens (tertiary/aromatic N) is 1. The molecule has 1 heterocycles. The van der Waals surface area contributed by atoms with Crippen LogP contribution in [0.5, 0.6) is 5.75 Å². The number of nitrogens with one attached hydrogen (secondary N) is 3. The molecule has 2 amide bonds. The van der Waals surface area contributed by atoms with Crippen LogP contribution < -0.4 is 15.4 Å². The minimum Gasteiger partial charge on any atom is -0.493 e. The average Bonchev–Trinajstić information content (AvgIpc) is 2.91. The molecule has 36 heavy (non-hydrogen) atoms. The Morgan fingerprint density at radius 1 is 1.00 bits per heavy atom. The third kappa shape index (κ3) is 8.37. The zero-order valence-electron chi connectivity index (χ0n) is 21.4. The summed E-state index contributed by atoms with van der Waals surface area (Å²) in [4.78, 5) is 26.6. The lowest BCUT2D eigenvalue weighted by molar-refractivity contribution is -0.131. The van der Waals surface area contributed by atoms with Crippen LogP contribution in [-0.2, 0) is 27.2 Å². The number of methoxy groups -OCH3 is 1. The largest absolute Gasteiger partial charge is 0.493 e. The predicted molar refractivity (Wildman–Crippen MR) is 141 cm³/mol. The molecule has 1 aliphatic rings. The van der Waals surface area contributed by atoms with Crippen molar-refractivity contribution in [3.63, 3.8) is 0 Å². The Labute approximate surface area is 213 Å². The highest BCUT2D eigenvalue weighted by Gasteiger charge is 2.17. The fraction of sp³-hybridized carbons (Fsp3) is 0.464. The van der Waals surface area contributed by atoms with Crippen molar-refractivity contribution in [3.05, 3.63) is 53.6 Å². The summed E-state index contributed by atoms with van der Waals surface area (Å²) in [7, 11) is 3.26. The van der Waals surface area contributed by atoms with Gasteiger partial charge >= 0.3 is 0 Å². The number of amides is 2. The van der Waals surface area contributed by atoms with Crippen LogP contribution >= 0.6 is 0 Å². The summed E-state index contributed by atoms with van der Waals surface area (Å²) in [5.41, 5.74) is 3.96. The van der Waals surface area contributed by atoms with E-state index in [0.29, 0.717) is 26.1 Å². The van der Waals surface area contributed by atoms with Crippen LogP contribution in [0.25, 0.3) is 11.1 Å². The third-order valence-corrected chi connectivity index (χ3v) is 6.28. The lowest BCUT2D eigenvalue weighted by Gasteiger charge is -2.26. The Bertz CT molecular complexity index is 1020. The van der Waals surface area contributed by atoms with Crippen LogP contribution in [0.15, 0.2) is 42.5 Å². The average molecular weight is 495 g/mol. The van der Waals surface area contributed by atoms with Gasteiger partial charge in [-0.15, -0.1) is 0 Å². The molecule has 8 heteroatoms. The molecule has 2 aromatic rings. The topological polar surface area (TPSA) is 104 Å². The number of aryl methyl sites for hydroxylation is 1. The van der Waals surface area contributed by atoms with E-state index in [0.717, 1.165) is 60.4 Å². The molecule has 0 radical (unpaired) electrons. The molecule has 194 valence electrons. The molecule has 3 rings (SSSR count). The molecule has 3 N–H and O–H groups in total. The van der Waals surface area contributed by atoms with Gasteiger partial charge in [-0.2, -0.15) is 0 Å². The minimum atomic E-state index is -0.212. The van der Waals surface area contributed by atoms with Crippen LogP contribution in [0.3, 0.4) is 0 Å². The number of benzene rings is 2. The van der Waals surface area contributed by atoms with E-state index in [1.165, 1.54) is 6.42 Å². The predicted octanol–water partition coefficient (Wildman–Crippen LogP) is 3.53. The molecule has 0 saturated carbocycles. The van der Waals surface area contributed by atoms with Gasteiger partial charge in [0.25, 0.3) is 0 Å². The van der Waals surface area contributed by atoms with Crippen molar-refractivity contribution in [2.24, 2.45) is 0 Å². The Kier molecular flexibility index (Phi) is 10.8. The van der Waals surface area contributed by atoms with E-state index in [1.807, 2.05) is 47.4 Å². The molecule has 1 aliphatic heterocycles. The van der Waals surface area contributed by atoms with Gasteiger partial charge in [0.1, 0.15) is 5.75 Å². The number of hydrogen-bond acceptors (Lipinski definition) is 5. The van der Waals surface area contributed by atoms with Crippen LogP contribution in [0.4, 0.5) is 0 Å². The number of rotatable bonds is 11. The molecule has 0 bridgehead atoms. The first-order valence-corrected chi connectivity index (χ1v) is 12.7. The Hall–Kier alpha value is -3.39. The summed E-state index contributed by atoms with van der Waals surface area (Å²) < 4.78 is 11.2. The maximum absolute atomic E-state index is 12.6. The van der Waals surface area contributed by atoms with Gasteiger partial charge in [0, 0.05) is 52.3 Å². The van der Waals surface area contributed by atoms with Crippen LogP contribution in [-0.4, -0.2) is 63.1 Å². The lowest BCUT2D eigenvalue weighted by atomic mass is 9.98. The zero-order chi connectivity index (χ0) is 25.8. The van der Waals surface area contributed by atoms with E-state index in [4.69, 9.17) is 14.9 Å². The van der Waals surface area contributed by atoms with Crippen molar-refractivity contribution < 1.29 is 19.1 Å². The number of likely N-dealkylation sites (tertiary alicyclic amines) is 1. The Morgan fingerprint density at radius 2 is 1.72 bits per heavy atom. The van der Waals surface area contributed by atoms with Crippen molar-refractivity contribution in [1.29, 1.82) is 5.41 Å². The molecule has 0 atom stereocenters. The maximum Gasteiger partial charge on any atom is 0.226 e. The minimum absolute atomic E-state index is 0.0152. The molecular weight excluding hydrogens is 456 g/mol. The van der Waals surface area contributed by atoms with Crippen molar-refractivity contribution in [3.8, 4) is 16.9 Å². The van der Waals surface area contributed by atoms with Crippen LogP contribution in [0, 0.1) is 5.41 Å². The maximum atomic E-state index is 12.6. The Balaban J connectivity index is 1.69. The summed E-state index contributed by atoms with van der Waals surface area (Å²) in [6.07, 6.45) is 5.40. The van der Waals surface area contributed by atoms with E-state index in [-0.39, 0.29) is 24.2 Å². The molecule has 1 saturated heterocycles. The third-order valence-electron chi connectivity index (χ3n) is 6.28. The number of carbonyl (C=O) groups is 2. The van der Waals surface area contributed by atoms with E-state index >= 15 is 0 Å². The molecule has 0 aromatic heterocycles. The van der Waals surface area contributed by atoms with Gasteiger partial charge in [-0.25, -0.2) is 0 Å². The molecule has 0 aliphatic carbocycles. The molecule has 0 unspecified atom stereocenters. The van der Waals surface area contributed by atoms with Crippen molar-refractivity contribution in [2.75, 3.05) is 40.5 Å². The number of ether oxygens (including phenoxy) is 2. The number of hydrogen-bond donors (Lipinski definition) is 3. The van der Waals surface area contributed by atoms with E-state index < -0.39 is 0 Å². The van der Waals surface area contributed by atoms with Gasteiger partial charge in [0.05, 0.1) is 13.0 Å². The second kappa shape index (κ2) is 14.2. The highest BCUT2D eigenvalue weighted by molar-refractivity contribution is 5.95. The quantitative estimate of drug-likeness (QED) is 0.252. The molecule has 2 aromatic carbocycles. The van der Waals surface area contributed by atoms with E-state index in [1.54, 1.807) is 14.2 Å². The standard InChI is InChI=1S/C28H38N4O4/c1-30-28(29)31-26(33)14-10-21-9-13-24(25(19-21)36-18-6-17-35-2)23-11-7-22(8-12-23)20-27(34)32-15-4-3-5-16-32/h7-9,11-13,19H,3-6,10,14-18,20H2,1-2H3,(H3,29,30,31,33). The number of carbonyl (C=O) groups excluding carboxylic acids is 2. The second-order valence-corrected chi connectivity index (χ2v) is 9.01.